The Labute approximate surface area is 81.9 Å². The third-order valence-corrected chi connectivity index (χ3v) is 3.72. The summed E-state index contributed by atoms with van der Waals surface area (Å²) in [4.78, 5) is 10.4. The van der Waals surface area contributed by atoms with Gasteiger partial charge in [0.1, 0.15) is 0 Å². The molecule has 0 heterocycles. The van der Waals surface area contributed by atoms with E-state index in [1.54, 1.807) is 12.1 Å². The second-order valence-electron chi connectivity index (χ2n) is 2.22. The average Bonchev–Trinajstić information content (AvgIpc) is 2.09. The van der Waals surface area contributed by atoms with Crippen molar-refractivity contribution in [2.75, 3.05) is 4.43 Å². The zero-order chi connectivity index (χ0) is 8.97. The van der Waals surface area contributed by atoms with Gasteiger partial charge in [-0.05, 0) is 0 Å². The Morgan fingerprint density at radius 3 is 2.92 bits per heavy atom. The zero-order valence-corrected chi connectivity index (χ0v) is 8.91. The van der Waals surface area contributed by atoms with Gasteiger partial charge in [0.15, 0.2) is 0 Å². The first-order valence-electron chi connectivity index (χ1n) is 3.65. The van der Waals surface area contributed by atoms with E-state index in [1.165, 1.54) is 3.57 Å². The summed E-state index contributed by atoms with van der Waals surface area (Å²) in [5, 5.41) is 9.18. The van der Waals surface area contributed by atoms with Crippen LogP contribution in [-0.2, 0) is 0 Å². The fourth-order valence-corrected chi connectivity index (χ4v) is 2.73. The van der Waals surface area contributed by atoms with E-state index in [0.717, 1.165) is 4.43 Å². The monoisotopic (exact) mass is 277 g/mol. The second kappa shape index (κ2) is 4.45. The summed E-state index contributed by atoms with van der Waals surface area (Å²) in [5.41, 5.74) is 0.403. The average molecular weight is 277 g/mol. The molecular weight excluding hydrogens is 267 g/mol. The first kappa shape index (κ1) is 9.51. The molecule has 0 atom stereocenters. The van der Waals surface area contributed by atoms with Gasteiger partial charge in [0.2, 0.25) is 0 Å². The fourth-order valence-electron chi connectivity index (χ4n) is 0.857. The number of hydrogen-bond donors (Lipinski definition) is 1. The van der Waals surface area contributed by atoms with E-state index < -0.39 is 0 Å². The summed E-state index contributed by atoms with van der Waals surface area (Å²) < 4.78 is 2.36. The Hall–Kier alpha value is -0.580. The third kappa shape index (κ3) is 2.20. The van der Waals surface area contributed by atoms with Gasteiger partial charge in [0, 0.05) is 0 Å². The Kier molecular flexibility index (Phi) is 3.52. The van der Waals surface area contributed by atoms with Crippen LogP contribution in [0.3, 0.4) is 0 Å². The van der Waals surface area contributed by atoms with E-state index in [0.29, 0.717) is 11.8 Å². The van der Waals surface area contributed by atoms with Crippen LogP contribution in [0.5, 0.6) is 5.75 Å². The van der Waals surface area contributed by atoms with Crippen LogP contribution in [0, 0.1) is 3.57 Å². The molecule has 0 aliphatic heterocycles. The van der Waals surface area contributed by atoms with Gasteiger partial charge >= 0.3 is 81.8 Å². The predicted molar refractivity (Wildman–Crippen MR) is 42.7 cm³/mol. The first-order valence-corrected chi connectivity index (χ1v) is 6.25. The summed E-state index contributed by atoms with van der Waals surface area (Å²) in [6.45, 7) is 2.13. The molecule has 0 fully saturated rings. The van der Waals surface area contributed by atoms with Gasteiger partial charge in [-0.15, -0.1) is 0 Å². The van der Waals surface area contributed by atoms with Crippen molar-refractivity contribution in [3.63, 3.8) is 0 Å². The van der Waals surface area contributed by atoms with Crippen LogP contribution in [0.2, 0.25) is 0 Å². The summed E-state index contributed by atoms with van der Waals surface area (Å²) in [7, 11) is 0. The molecule has 1 N–H and O–H groups in total. The van der Waals surface area contributed by atoms with Crippen LogP contribution < -0.4 is 21.2 Å². The van der Waals surface area contributed by atoms with E-state index in [1.807, 2.05) is 6.07 Å². The van der Waals surface area contributed by atoms with E-state index in [2.05, 4.69) is 6.92 Å². The van der Waals surface area contributed by atoms with Crippen molar-refractivity contribution < 1.29 is 31.1 Å². The Morgan fingerprint density at radius 1 is 1.58 bits per heavy atom. The summed E-state index contributed by atoms with van der Waals surface area (Å²) in [6, 6.07) is 5.26. The number of rotatable bonds is 3. The Morgan fingerprint density at radius 2 is 2.33 bits per heavy atom. The first-order chi connectivity index (χ1) is 5.77. The summed E-state index contributed by atoms with van der Waals surface area (Å²) in [5.74, 6) is 0.0776. The molecule has 0 saturated carbocycles. The Balaban J connectivity index is 2.96. The number of phenolic OH excluding ortho intramolecular Hbond substituents is 1. The fraction of sp³-hybridized carbons (Fsp3) is 0.222. The molecule has 0 aliphatic rings. The van der Waals surface area contributed by atoms with Gasteiger partial charge in [0.05, 0.1) is 0 Å². The second-order valence-corrected chi connectivity index (χ2v) is 5.76. The van der Waals surface area contributed by atoms with E-state index in [-0.39, 0.29) is 27.0 Å². The summed E-state index contributed by atoms with van der Waals surface area (Å²) >= 11 is 0.0242. The molecule has 0 aliphatic carbocycles. The SMILES string of the molecule is CC[I-]c1ccc(O)c(C=O)c1. The van der Waals surface area contributed by atoms with Crippen LogP contribution >= 0.6 is 0 Å². The number of aldehydes is 1. The molecule has 66 valence electrons. The molecule has 1 rings (SSSR count). The molecule has 0 aromatic heterocycles. The van der Waals surface area contributed by atoms with E-state index in [9.17, 15) is 9.90 Å². The molecule has 0 spiro atoms. The quantitative estimate of drug-likeness (QED) is 0.414. The predicted octanol–water partition coefficient (Wildman–Crippen LogP) is -1.52. The molecule has 3 heteroatoms. The summed E-state index contributed by atoms with van der Waals surface area (Å²) in [6.07, 6.45) is 0.693. The van der Waals surface area contributed by atoms with E-state index >= 15 is 0 Å². The van der Waals surface area contributed by atoms with Gasteiger partial charge in [-0.3, -0.25) is 0 Å². The molecule has 12 heavy (non-hydrogen) atoms. The number of carbonyl (C=O) groups excluding carboxylic acids is 1. The molecule has 0 radical (unpaired) electrons. The number of benzene rings is 1. The van der Waals surface area contributed by atoms with Crippen molar-refractivity contribution >= 4 is 6.29 Å². The van der Waals surface area contributed by atoms with E-state index in [4.69, 9.17) is 0 Å². The van der Waals surface area contributed by atoms with Crippen molar-refractivity contribution in [1.29, 1.82) is 0 Å². The van der Waals surface area contributed by atoms with Crippen LogP contribution in [-0.4, -0.2) is 15.8 Å². The van der Waals surface area contributed by atoms with Gasteiger partial charge in [-0.1, -0.05) is 0 Å². The van der Waals surface area contributed by atoms with Crippen molar-refractivity contribution in [3.8, 4) is 5.75 Å². The molecule has 0 saturated heterocycles. The minimum absolute atomic E-state index is 0.0242. The standard InChI is InChI=1S/C9H10IO2/c1-2-10-8-3-4-9(12)7(5-8)6-11/h3-6,12H,2H2,1H3/q-1. The van der Waals surface area contributed by atoms with Crippen LogP contribution in [0.15, 0.2) is 18.2 Å². The minimum atomic E-state index is 0.0242. The third-order valence-electron chi connectivity index (χ3n) is 1.40. The van der Waals surface area contributed by atoms with Crippen molar-refractivity contribution in [2.24, 2.45) is 0 Å². The van der Waals surface area contributed by atoms with Crippen LogP contribution in [0.4, 0.5) is 0 Å². The maximum absolute atomic E-state index is 10.4. The maximum atomic E-state index is 10.4. The normalized spacial score (nSPS) is 10.1. The molecule has 0 amide bonds. The van der Waals surface area contributed by atoms with Gasteiger partial charge in [0.25, 0.3) is 0 Å². The number of alkyl halides is 1. The molecule has 0 bridgehead atoms. The molecular formula is C9H10IO2-. The molecule has 1 aromatic carbocycles. The molecule has 1 aromatic rings. The topological polar surface area (TPSA) is 37.3 Å². The molecule has 0 unspecified atom stereocenters. The number of halogens is 1. The van der Waals surface area contributed by atoms with Crippen molar-refractivity contribution in [2.45, 2.75) is 6.92 Å². The van der Waals surface area contributed by atoms with Crippen molar-refractivity contribution in [1.82, 2.24) is 0 Å². The zero-order valence-electron chi connectivity index (χ0n) is 6.75. The number of carbonyl (C=O) groups is 1. The van der Waals surface area contributed by atoms with Gasteiger partial charge in [-0.25, -0.2) is 0 Å². The van der Waals surface area contributed by atoms with Crippen LogP contribution in [0.25, 0.3) is 0 Å². The number of hydrogen-bond acceptors (Lipinski definition) is 2. The van der Waals surface area contributed by atoms with Gasteiger partial charge < -0.3 is 0 Å². The number of phenols is 1. The van der Waals surface area contributed by atoms with Gasteiger partial charge in [-0.2, -0.15) is 0 Å². The molecule has 2 nitrogen and oxygen atoms in total. The number of aromatic hydroxyl groups is 1. The van der Waals surface area contributed by atoms with Crippen LogP contribution in [0.1, 0.15) is 17.3 Å². The van der Waals surface area contributed by atoms with Crippen molar-refractivity contribution in [3.05, 3.63) is 27.3 Å². The Bertz CT molecular complexity index is 284.